The van der Waals surface area contributed by atoms with Crippen molar-refractivity contribution in [2.45, 2.75) is 24.0 Å². The van der Waals surface area contributed by atoms with Crippen LogP contribution in [0.1, 0.15) is 11.1 Å². The first-order valence-corrected chi connectivity index (χ1v) is 7.80. The van der Waals surface area contributed by atoms with Crippen molar-refractivity contribution in [3.63, 3.8) is 0 Å². The van der Waals surface area contributed by atoms with Gasteiger partial charge in [0, 0.05) is 0 Å². The first kappa shape index (κ1) is 16.8. The molecule has 0 spiro atoms. The number of anilines is 1. The van der Waals surface area contributed by atoms with Gasteiger partial charge in [0.05, 0.1) is 22.0 Å². The number of rotatable bonds is 5. The van der Waals surface area contributed by atoms with Crippen LogP contribution in [0.15, 0.2) is 47.4 Å². The Kier molecular flexibility index (Phi) is 5.80. The van der Waals surface area contributed by atoms with Crippen molar-refractivity contribution >= 4 is 35.0 Å². The summed E-state index contributed by atoms with van der Waals surface area (Å²) < 4.78 is 25.2. The van der Waals surface area contributed by atoms with E-state index in [1.165, 1.54) is 6.07 Å². The van der Waals surface area contributed by atoms with Crippen LogP contribution in [-0.4, -0.2) is 11.7 Å². The van der Waals surface area contributed by atoms with Crippen LogP contribution in [-0.2, 0) is 11.2 Å². The molecule has 0 aromatic heterocycles. The van der Waals surface area contributed by atoms with Gasteiger partial charge in [-0.3, -0.25) is 4.79 Å². The highest BCUT2D eigenvalue weighted by Gasteiger charge is 2.15. The SMILES string of the molecule is Cc1ccc(CC(=O)Nc2cccc(Cl)c2SC(F)F)cc1. The fourth-order valence-corrected chi connectivity index (χ4v) is 2.81. The van der Waals surface area contributed by atoms with Gasteiger partial charge >= 0.3 is 0 Å². The van der Waals surface area contributed by atoms with E-state index in [0.29, 0.717) is 17.4 Å². The lowest BCUT2D eigenvalue weighted by atomic mass is 10.1. The summed E-state index contributed by atoms with van der Waals surface area (Å²) in [7, 11) is 0. The summed E-state index contributed by atoms with van der Waals surface area (Å²) in [6.07, 6.45) is 0.172. The van der Waals surface area contributed by atoms with E-state index >= 15 is 0 Å². The number of nitrogens with one attached hydrogen (secondary N) is 1. The maximum absolute atomic E-state index is 12.6. The Morgan fingerprint density at radius 1 is 1.23 bits per heavy atom. The minimum Gasteiger partial charge on any atom is -0.325 e. The number of benzene rings is 2. The van der Waals surface area contributed by atoms with E-state index in [1.54, 1.807) is 12.1 Å². The third-order valence-corrected chi connectivity index (χ3v) is 4.21. The van der Waals surface area contributed by atoms with E-state index in [9.17, 15) is 13.6 Å². The largest absolute Gasteiger partial charge is 0.325 e. The van der Waals surface area contributed by atoms with Crippen LogP contribution in [0.5, 0.6) is 0 Å². The smallest absolute Gasteiger partial charge is 0.289 e. The van der Waals surface area contributed by atoms with Gasteiger partial charge in [0.15, 0.2) is 0 Å². The molecule has 2 aromatic rings. The second-order valence-corrected chi connectivity index (χ2v) is 6.11. The first-order chi connectivity index (χ1) is 10.5. The van der Waals surface area contributed by atoms with Gasteiger partial charge in [-0.25, -0.2) is 0 Å². The van der Waals surface area contributed by atoms with Crippen molar-refractivity contribution in [2.24, 2.45) is 0 Å². The summed E-state index contributed by atoms with van der Waals surface area (Å²) in [6, 6.07) is 12.2. The summed E-state index contributed by atoms with van der Waals surface area (Å²) in [5.74, 6) is -2.88. The number of carbonyl (C=O) groups is 1. The zero-order chi connectivity index (χ0) is 16.1. The molecule has 2 rings (SSSR count). The Morgan fingerprint density at radius 2 is 1.91 bits per heavy atom. The van der Waals surface area contributed by atoms with Crippen molar-refractivity contribution in [3.8, 4) is 0 Å². The Labute approximate surface area is 136 Å². The third kappa shape index (κ3) is 4.71. The molecule has 1 N–H and O–H groups in total. The van der Waals surface area contributed by atoms with Gasteiger partial charge in [0.1, 0.15) is 0 Å². The van der Waals surface area contributed by atoms with Gasteiger partial charge in [0.25, 0.3) is 5.76 Å². The number of hydrogen-bond acceptors (Lipinski definition) is 2. The number of hydrogen-bond donors (Lipinski definition) is 1. The van der Waals surface area contributed by atoms with Crippen LogP contribution in [0, 0.1) is 6.92 Å². The van der Waals surface area contributed by atoms with Crippen LogP contribution >= 0.6 is 23.4 Å². The molecule has 0 aliphatic heterocycles. The van der Waals surface area contributed by atoms with Crippen molar-refractivity contribution in [2.75, 3.05) is 5.32 Å². The first-order valence-electron chi connectivity index (χ1n) is 6.54. The molecule has 0 saturated heterocycles. The molecule has 6 heteroatoms. The summed E-state index contributed by atoms with van der Waals surface area (Å²) in [6.45, 7) is 1.96. The molecule has 0 saturated carbocycles. The maximum atomic E-state index is 12.6. The standard InChI is InChI=1S/C16H14ClF2NOS/c1-10-5-7-11(8-6-10)9-14(21)20-13-4-2-3-12(17)15(13)22-16(18)19/h2-8,16H,9H2,1H3,(H,20,21). The predicted molar refractivity (Wildman–Crippen MR) is 86.8 cm³/mol. The normalized spacial score (nSPS) is 10.8. The quantitative estimate of drug-likeness (QED) is 0.762. The van der Waals surface area contributed by atoms with Gasteiger partial charge in [0.2, 0.25) is 5.91 Å². The zero-order valence-electron chi connectivity index (χ0n) is 11.8. The van der Waals surface area contributed by atoms with Crippen LogP contribution < -0.4 is 5.32 Å². The second kappa shape index (κ2) is 7.61. The van der Waals surface area contributed by atoms with Crippen LogP contribution in [0.3, 0.4) is 0 Å². The van der Waals surface area contributed by atoms with E-state index in [-0.39, 0.29) is 22.2 Å². The highest BCUT2D eigenvalue weighted by Crippen LogP contribution is 2.37. The lowest BCUT2D eigenvalue weighted by Crippen LogP contribution is -2.15. The fourth-order valence-electron chi connectivity index (χ4n) is 1.90. The molecule has 0 aliphatic rings. The molecule has 0 unspecified atom stereocenters. The molecular formula is C16H14ClF2NOS. The van der Waals surface area contributed by atoms with E-state index in [2.05, 4.69) is 5.32 Å². The molecule has 2 nitrogen and oxygen atoms in total. The average molecular weight is 342 g/mol. The van der Waals surface area contributed by atoms with E-state index < -0.39 is 5.76 Å². The highest BCUT2D eigenvalue weighted by molar-refractivity contribution is 7.99. The van der Waals surface area contributed by atoms with Gasteiger partial charge in [-0.15, -0.1) is 0 Å². The minimum atomic E-state index is -2.60. The van der Waals surface area contributed by atoms with Crippen molar-refractivity contribution in [3.05, 3.63) is 58.6 Å². The van der Waals surface area contributed by atoms with E-state index in [4.69, 9.17) is 11.6 Å². The van der Waals surface area contributed by atoms with Crippen molar-refractivity contribution in [1.82, 2.24) is 0 Å². The molecule has 0 radical (unpaired) electrons. The third-order valence-electron chi connectivity index (χ3n) is 2.93. The number of thioether (sulfide) groups is 1. The molecule has 2 aromatic carbocycles. The Bertz CT molecular complexity index is 662. The van der Waals surface area contributed by atoms with Gasteiger partial charge in [-0.05, 0) is 24.6 Å². The van der Waals surface area contributed by atoms with Gasteiger partial charge in [-0.1, -0.05) is 59.3 Å². The Morgan fingerprint density at radius 3 is 2.55 bits per heavy atom. The number of aryl methyl sites for hydroxylation is 1. The van der Waals surface area contributed by atoms with Crippen molar-refractivity contribution < 1.29 is 13.6 Å². The van der Waals surface area contributed by atoms with Crippen molar-refractivity contribution in [1.29, 1.82) is 0 Å². The van der Waals surface area contributed by atoms with Crippen LogP contribution in [0.2, 0.25) is 5.02 Å². The molecule has 0 aliphatic carbocycles. The molecule has 1 amide bonds. The Hall–Kier alpha value is -1.59. The maximum Gasteiger partial charge on any atom is 0.289 e. The molecule has 0 fully saturated rings. The minimum absolute atomic E-state index is 0.172. The lowest BCUT2D eigenvalue weighted by molar-refractivity contribution is -0.115. The fraction of sp³-hybridized carbons (Fsp3) is 0.188. The molecule has 116 valence electrons. The average Bonchev–Trinajstić information content (AvgIpc) is 2.45. The molecular weight excluding hydrogens is 328 g/mol. The molecule has 0 atom stereocenters. The summed E-state index contributed by atoms with van der Waals surface area (Å²) >= 11 is 6.25. The van der Waals surface area contributed by atoms with Crippen LogP contribution in [0.4, 0.5) is 14.5 Å². The topological polar surface area (TPSA) is 29.1 Å². The van der Waals surface area contributed by atoms with E-state index in [0.717, 1.165) is 11.1 Å². The van der Waals surface area contributed by atoms with E-state index in [1.807, 2.05) is 31.2 Å². The number of halogens is 3. The highest BCUT2D eigenvalue weighted by atomic mass is 35.5. The lowest BCUT2D eigenvalue weighted by Gasteiger charge is -2.12. The molecule has 0 heterocycles. The number of amides is 1. The summed E-state index contributed by atoms with van der Waals surface area (Å²) in [5, 5.41) is 2.84. The summed E-state index contributed by atoms with van der Waals surface area (Å²) in [5.41, 5.74) is 2.26. The zero-order valence-corrected chi connectivity index (χ0v) is 13.3. The Balaban J connectivity index is 2.11. The summed E-state index contributed by atoms with van der Waals surface area (Å²) in [4.78, 5) is 12.2. The van der Waals surface area contributed by atoms with Gasteiger partial charge < -0.3 is 5.32 Å². The molecule has 22 heavy (non-hydrogen) atoms. The number of carbonyl (C=O) groups excluding carboxylic acids is 1. The molecule has 0 bridgehead atoms. The van der Waals surface area contributed by atoms with Crippen LogP contribution in [0.25, 0.3) is 0 Å². The second-order valence-electron chi connectivity index (χ2n) is 4.71. The monoisotopic (exact) mass is 341 g/mol. The predicted octanol–water partition coefficient (Wildman–Crippen LogP) is 5.14. The van der Waals surface area contributed by atoms with Gasteiger partial charge in [-0.2, -0.15) is 8.78 Å². The number of alkyl halides is 2.